The molecule has 3 N–H and O–H groups in total. The van der Waals surface area contributed by atoms with Crippen molar-refractivity contribution in [3.8, 4) is 0 Å². The van der Waals surface area contributed by atoms with Crippen LogP contribution in [-0.4, -0.2) is 30.1 Å². The van der Waals surface area contributed by atoms with E-state index in [1.54, 1.807) is 0 Å². The highest BCUT2D eigenvalue weighted by molar-refractivity contribution is 6.37. The number of halogens is 2. The molecule has 5 nitrogen and oxygen atoms in total. The molecule has 1 saturated heterocycles. The molecule has 0 aromatic heterocycles. The Morgan fingerprint density at radius 1 is 1.40 bits per heavy atom. The van der Waals surface area contributed by atoms with Gasteiger partial charge >= 0.3 is 5.97 Å². The van der Waals surface area contributed by atoms with Gasteiger partial charge in [0.1, 0.15) is 0 Å². The summed E-state index contributed by atoms with van der Waals surface area (Å²) in [6, 6.07) is 2.67. The Kier molecular flexibility index (Phi) is 4.86. The summed E-state index contributed by atoms with van der Waals surface area (Å²) in [6.07, 6.45) is 1.28. The molecule has 7 heteroatoms. The zero-order chi connectivity index (χ0) is 14.7. The van der Waals surface area contributed by atoms with E-state index in [4.69, 9.17) is 28.3 Å². The first-order valence-electron chi connectivity index (χ1n) is 6.20. The third-order valence-corrected chi connectivity index (χ3v) is 3.70. The fourth-order valence-electron chi connectivity index (χ4n) is 2.21. The molecule has 1 heterocycles. The molecule has 108 valence electrons. The number of carboxylic acid groups (broad SMARTS) is 1. The Hall–Kier alpha value is -1.30. The van der Waals surface area contributed by atoms with E-state index in [1.165, 1.54) is 12.1 Å². The summed E-state index contributed by atoms with van der Waals surface area (Å²) < 4.78 is 0. The minimum absolute atomic E-state index is 0.0968. The van der Waals surface area contributed by atoms with Gasteiger partial charge in [0, 0.05) is 11.4 Å². The number of amides is 1. The van der Waals surface area contributed by atoms with E-state index >= 15 is 0 Å². The van der Waals surface area contributed by atoms with E-state index in [0.29, 0.717) is 6.42 Å². The van der Waals surface area contributed by atoms with Gasteiger partial charge in [0.25, 0.3) is 0 Å². The number of carboxylic acids is 1. The molecular weight excluding hydrogens is 303 g/mol. The largest absolute Gasteiger partial charge is 0.478 e. The maximum Gasteiger partial charge on any atom is 0.337 e. The molecule has 1 unspecified atom stereocenters. The molecule has 1 aliphatic heterocycles. The zero-order valence-corrected chi connectivity index (χ0v) is 12.1. The Balaban J connectivity index is 2.15. The molecule has 20 heavy (non-hydrogen) atoms. The van der Waals surface area contributed by atoms with E-state index < -0.39 is 5.97 Å². The second kappa shape index (κ2) is 6.43. The SMILES string of the molecule is O=C(CC1CCNC1)Nc1c(Cl)cc(Cl)cc1C(=O)O. The van der Waals surface area contributed by atoms with Gasteiger partial charge in [-0.25, -0.2) is 4.79 Å². The van der Waals surface area contributed by atoms with Crippen molar-refractivity contribution in [2.24, 2.45) is 5.92 Å². The van der Waals surface area contributed by atoms with Gasteiger partial charge in [-0.15, -0.1) is 0 Å². The minimum Gasteiger partial charge on any atom is -0.478 e. The number of hydrogen-bond donors (Lipinski definition) is 3. The van der Waals surface area contributed by atoms with Crippen LogP contribution in [-0.2, 0) is 4.79 Å². The Morgan fingerprint density at radius 3 is 2.75 bits per heavy atom. The lowest BCUT2D eigenvalue weighted by molar-refractivity contribution is -0.116. The van der Waals surface area contributed by atoms with E-state index in [9.17, 15) is 9.59 Å². The number of hydrogen-bond acceptors (Lipinski definition) is 3. The van der Waals surface area contributed by atoms with E-state index in [1.807, 2.05) is 0 Å². The molecule has 0 saturated carbocycles. The molecule has 1 atom stereocenters. The number of benzene rings is 1. The highest BCUT2D eigenvalue weighted by Crippen LogP contribution is 2.30. The lowest BCUT2D eigenvalue weighted by atomic mass is 10.0. The van der Waals surface area contributed by atoms with Crippen molar-refractivity contribution in [2.75, 3.05) is 18.4 Å². The van der Waals surface area contributed by atoms with Crippen LogP contribution in [0.3, 0.4) is 0 Å². The van der Waals surface area contributed by atoms with Crippen LogP contribution in [0.5, 0.6) is 0 Å². The van der Waals surface area contributed by atoms with Crippen molar-refractivity contribution in [2.45, 2.75) is 12.8 Å². The second-order valence-electron chi connectivity index (χ2n) is 4.73. The zero-order valence-electron chi connectivity index (χ0n) is 10.6. The number of anilines is 1. The summed E-state index contributed by atoms with van der Waals surface area (Å²) in [6.45, 7) is 1.70. The van der Waals surface area contributed by atoms with Crippen molar-refractivity contribution >= 4 is 40.8 Å². The van der Waals surface area contributed by atoms with Gasteiger partial charge in [0.15, 0.2) is 0 Å². The van der Waals surface area contributed by atoms with Crippen LogP contribution in [0.4, 0.5) is 5.69 Å². The standard InChI is InChI=1S/C13H14Cl2N2O3/c14-8-4-9(13(19)20)12(10(15)5-8)17-11(18)3-7-1-2-16-6-7/h4-5,7,16H,1-3,6H2,(H,17,18)(H,19,20). The lowest BCUT2D eigenvalue weighted by Gasteiger charge is -2.13. The first-order valence-corrected chi connectivity index (χ1v) is 6.96. The van der Waals surface area contributed by atoms with Crippen molar-refractivity contribution in [1.82, 2.24) is 5.32 Å². The minimum atomic E-state index is -1.19. The second-order valence-corrected chi connectivity index (χ2v) is 5.57. The van der Waals surface area contributed by atoms with Crippen molar-refractivity contribution < 1.29 is 14.7 Å². The average Bonchev–Trinajstić information content (AvgIpc) is 2.84. The molecule has 2 rings (SSSR count). The van der Waals surface area contributed by atoms with E-state index in [0.717, 1.165) is 19.5 Å². The van der Waals surface area contributed by atoms with Crippen LogP contribution in [0.2, 0.25) is 10.0 Å². The van der Waals surface area contributed by atoms with Gasteiger partial charge in [-0.05, 0) is 37.6 Å². The third kappa shape index (κ3) is 3.62. The molecule has 1 aromatic rings. The van der Waals surface area contributed by atoms with Crippen LogP contribution in [0.25, 0.3) is 0 Å². The molecule has 0 spiro atoms. The summed E-state index contributed by atoms with van der Waals surface area (Å²) in [5, 5.41) is 15.2. The maximum atomic E-state index is 12.0. The molecule has 0 radical (unpaired) electrons. The predicted octanol–water partition coefficient (Wildman–Crippen LogP) is 2.63. The van der Waals surface area contributed by atoms with E-state index in [2.05, 4.69) is 10.6 Å². The highest BCUT2D eigenvalue weighted by Gasteiger charge is 2.21. The number of aromatic carboxylic acids is 1. The summed E-state index contributed by atoms with van der Waals surface area (Å²) in [5.74, 6) is -1.16. The fraction of sp³-hybridized carbons (Fsp3) is 0.385. The highest BCUT2D eigenvalue weighted by atomic mass is 35.5. The quantitative estimate of drug-likeness (QED) is 0.798. The van der Waals surface area contributed by atoms with Gasteiger partial charge in [0.2, 0.25) is 5.91 Å². The van der Waals surface area contributed by atoms with Gasteiger partial charge in [0.05, 0.1) is 16.3 Å². The topological polar surface area (TPSA) is 78.4 Å². The van der Waals surface area contributed by atoms with Gasteiger partial charge in [-0.2, -0.15) is 0 Å². The lowest BCUT2D eigenvalue weighted by Crippen LogP contribution is -2.20. The fourth-order valence-corrected chi connectivity index (χ4v) is 2.75. The van der Waals surface area contributed by atoms with Crippen LogP contribution >= 0.6 is 23.2 Å². The number of carbonyl (C=O) groups is 2. The van der Waals surface area contributed by atoms with E-state index in [-0.39, 0.29) is 33.1 Å². The smallest absolute Gasteiger partial charge is 0.337 e. The van der Waals surface area contributed by atoms with Crippen molar-refractivity contribution in [3.63, 3.8) is 0 Å². The molecule has 0 bridgehead atoms. The Labute approximate surface area is 126 Å². The molecular formula is C13H14Cl2N2O3. The summed E-state index contributed by atoms with van der Waals surface area (Å²) in [5.41, 5.74) is -0.0140. The first kappa shape index (κ1) is 15.1. The summed E-state index contributed by atoms with van der Waals surface area (Å²) in [7, 11) is 0. The first-order chi connectivity index (χ1) is 9.47. The van der Waals surface area contributed by atoms with Crippen molar-refractivity contribution in [3.05, 3.63) is 27.7 Å². The van der Waals surface area contributed by atoms with Crippen molar-refractivity contribution in [1.29, 1.82) is 0 Å². The Bertz CT molecular complexity index is 543. The molecule has 1 aliphatic rings. The molecule has 0 aliphatic carbocycles. The molecule has 1 amide bonds. The molecule has 1 fully saturated rings. The van der Waals surface area contributed by atoms with Crippen LogP contribution in [0.1, 0.15) is 23.2 Å². The van der Waals surface area contributed by atoms with Crippen LogP contribution in [0, 0.1) is 5.92 Å². The summed E-state index contributed by atoms with van der Waals surface area (Å²) in [4.78, 5) is 23.1. The van der Waals surface area contributed by atoms with Crippen LogP contribution < -0.4 is 10.6 Å². The Morgan fingerprint density at radius 2 is 2.15 bits per heavy atom. The number of nitrogens with one attached hydrogen (secondary N) is 2. The number of rotatable bonds is 4. The number of carbonyl (C=O) groups excluding carboxylic acids is 1. The maximum absolute atomic E-state index is 12.0. The summed E-state index contributed by atoms with van der Waals surface area (Å²) >= 11 is 11.7. The van der Waals surface area contributed by atoms with Gasteiger partial charge in [-0.1, -0.05) is 23.2 Å². The predicted molar refractivity (Wildman–Crippen MR) is 77.6 cm³/mol. The van der Waals surface area contributed by atoms with Crippen LogP contribution in [0.15, 0.2) is 12.1 Å². The third-order valence-electron chi connectivity index (χ3n) is 3.19. The normalized spacial score (nSPS) is 18.0. The van der Waals surface area contributed by atoms with Gasteiger partial charge < -0.3 is 15.7 Å². The monoisotopic (exact) mass is 316 g/mol. The van der Waals surface area contributed by atoms with Gasteiger partial charge in [-0.3, -0.25) is 4.79 Å². The average molecular weight is 317 g/mol. The molecule has 1 aromatic carbocycles.